The van der Waals surface area contributed by atoms with Gasteiger partial charge in [0.15, 0.2) is 0 Å². The molecule has 2 heterocycles. The van der Waals surface area contributed by atoms with Crippen LogP contribution in [0.2, 0.25) is 0 Å². The summed E-state index contributed by atoms with van der Waals surface area (Å²) in [5.74, 6) is 0.681. The van der Waals surface area contributed by atoms with E-state index >= 15 is 0 Å². The van der Waals surface area contributed by atoms with Crippen LogP contribution in [0.5, 0.6) is 0 Å². The van der Waals surface area contributed by atoms with E-state index in [1.807, 2.05) is 5.38 Å². The summed E-state index contributed by atoms with van der Waals surface area (Å²) in [7, 11) is 0. The van der Waals surface area contributed by atoms with Crippen molar-refractivity contribution in [1.82, 2.24) is 9.97 Å². The summed E-state index contributed by atoms with van der Waals surface area (Å²) in [6.07, 6.45) is 2.44. The minimum absolute atomic E-state index is 0.219. The highest BCUT2D eigenvalue weighted by Crippen LogP contribution is 2.16. The van der Waals surface area contributed by atoms with Gasteiger partial charge < -0.3 is 11.5 Å². The van der Waals surface area contributed by atoms with Crippen LogP contribution in [0.3, 0.4) is 0 Å². The molecule has 4 N–H and O–H groups in total. The molecule has 2 rings (SSSR count). The predicted octanol–water partition coefficient (Wildman–Crippen LogP) is 1.29. The highest BCUT2D eigenvalue weighted by Gasteiger charge is 2.03. The van der Waals surface area contributed by atoms with Crippen LogP contribution in [0.1, 0.15) is 11.1 Å². The van der Waals surface area contributed by atoms with Crippen molar-refractivity contribution < 1.29 is 0 Å². The van der Waals surface area contributed by atoms with Crippen LogP contribution in [0.15, 0.2) is 23.0 Å². The van der Waals surface area contributed by atoms with Gasteiger partial charge >= 0.3 is 0 Å². The summed E-state index contributed by atoms with van der Waals surface area (Å²) < 4.78 is 0. The second-order valence-corrected chi connectivity index (χ2v) is 3.73. The number of nitrogens with zero attached hydrogens (tertiary/aromatic N) is 2. The minimum Gasteiger partial charge on any atom is -0.383 e. The third-order valence-corrected chi connectivity index (χ3v) is 2.62. The van der Waals surface area contributed by atoms with Crippen molar-refractivity contribution >= 4 is 23.1 Å². The largest absolute Gasteiger partial charge is 0.383 e. The van der Waals surface area contributed by atoms with Crippen molar-refractivity contribution in [3.63, 3.8) is 0 Å². The summed E-state index contributed by atoms with van der Waals surface area (Å²) in [5.41, 5.74) is 13.2. The first-order valence-corrected chi connectivity index (χ1v) is 5.08. The molecule has 0 saturated heterocycles. The smallest absolute Gasteiger partial charge is 0.221 e. The summed E-state index contributed by atoms with van der Waals surface area (Å²) in [6.45, 7) is 0. The van der Waals surface area contributed by atoms with E-state index < -0.39 is 0 Å². The third-order valence-electron chi connectivity index (χ3n) is 1.89. The lowest BCUT2D eigenvalue weighted by Gasteiger charge is -2.02. The van der Waals surface area contributed by atoms with Gasteiger partial charge in [0.05, 0.1) is 0 Å². The molecule has 0 aliphatic carbocycles. The number of rotatable bonds is 2. The average molecular weight is 206 g/mol. The molecule has 14 heavy (non-hydrogen) atoms. The summed E-state index contributed by atoms with van der Waals surface area (Å²) in [6, 6.07) is 2.06. The van der Waals surface area contributed by atoms with Crippen LogP contribution >= 0.6 is 11.3 Å². The number of aromatic nitrogens is 2. The Balaban J connectivity index is 2.25. The quantitative estimate of drug-likeness (QED) is 0.776. The fourth-order valence-corrected chi connectivity index (χ4v) is 1.85. The summed E-state index contributed by atoms with van der Waals surface area (Å²) >= 11 is 1.66. The Labute approximate surface area is 85.6 Å². The normalized spacial score (nSPS) is 10.3. The number of hydrogen-bond donors (Lipinski definition) is 2. The van der Waals surface area contributed by atoms with E-state index in [4.69, 9.17) is 11.5 Å². The highest BCUT2D eigenvalue weighted by atomic mass is 32.1. The topological polar surface area (TPSA) is 77.8 Å². The number of hydrogen-bond acceptors (Lipinski definition) is 5. The minimum atomic E-state index is 0.219. The molecule has 0 aliphatic heterocycles. The Morgan fingerprint density at radius 1 is 1.36 bits per heavy atom. The van der Waals surface area contributed by atoms with Gasteiger partial charge in [-0.05, 0) is 22.4 Å². The highest BCUT2D eigenvalue weighted by molar-refractivity contribution is 7.07. The van der Waals surface area contributed by atoms with Gasteiger partial charge in [-0.3, -0.25) is 0 Å². The molecule has 0 saturated carbocycles. The van der Waals surface area contributed by atoms with Crippen LogP contribution in [0, 0.1) is 0 Å². The molecule has 2 aromatic heterocycles. The van der Waals surface area contributed by atoms with E-state index in [2.05, 4.69) is 21.4 Å². The molecule has 0 bridgehead atoms. The molecule has 4 nitrogen and oxygen atoms in total. The summed E-state index contributed by atoms with van der Waals surface area (Å²) in [5, 5.41) is 4.11. The predicted molar refractivity (Wildman–Crippen MR) is 58.0 cm³/mol. The lowest BCUT2D eigenvalue weighted by molar-refractivity contribution is 1.10. The van der Waals surface area contributed by atoms with Crippen LogP contribution in [0.25, 0.3) is 0 Å². The average Bonchev–Trinajstić information content (AvgIpc) is 2.62. The lowest BCUT2D eigenvalue weighted by Crippen LogP contribution is -2.03. The molecule has 0 spiro atoms. The monoisotopic (exact) mass is 206 g/mol. The number of anilines is 2. The summed E-state index contributed by atoms with van der Waals surface area (Å²) in [4.78, 5) is 7.81. The van der Waals surface area contributed by atoms with Gasteiger partial charge in [0.2, 0.25) is 5.95 Å². The SMILES string of the molecule is Nc1ncc(Cc2ccsc2)c(N)n1. The maximum Gasteiger partial charge on any atom is 0.221 e. The second kappa shape index (κ2) is 3.63. The van der Waals surface area contributed by atoms with Crippen LogP contribution in [-0.4, -0.2) is 9.97 Å². The van der Waals surface area contributed by atoms with Gasteiger partial charge in [-0.15, -0.1) is 0 Å². The molecule has 0 unspecified atom stereocenters. The van der Waals surface area contributed by atoms with Crippen molar-refractivity contribution in [3.05, 3.63) is 34.2 Å². The van der Waals surface area contributed by atoms with Crippen LogP contribution < -0.4 is 11.5 Å². The van der Waals surface area contributed by atoms with E-state index in [-0.39, 0.29) is 5.95 Å². The van der Waals surface area contributed by atoms with E-state index in [1.165, 1.54) is 5.56 Å². The Morgan fingerprint density at radius 2 is 2.21 bits per heavy atom. The van der Waals surface area contributed by atoms with Crippen molar-refractivity contribution in [2.75, 3.05) is 11.5 Å². The Morgan fingerprint density at radius 3 is 2.86 bits per heavy atom. The second-order valence-electron chi connectivity index (χ2n) is 2.95. The molecule has 2 aromatic rings. The Hall–Kier alpha value is -1.62. The zero-order valence-electron chi connectivity index (χ0n) is 7.47. The van der Waals surface area contributed by atoms with E-state index in [9.17, 15) is 0 Å². The fourth-order valence-electron chi connectivity index (χ4n) is 1.18. The molecule has 0 atom stereocenters. The molecule has 0 radical (unpaired) electrons. The maximum absolute atomic E-state index is 5.71. The zero-order chi connectivity index (χ0) is 9.97. The fraction of sp³-hybridized carbons (Fsp3) is 0.111. The third kappa shape index (κ3) is 1.82. The van der Waals surface area contributed by atoms with Gasteiger partial charge in [-0.2, -0.15) is 16.3 Å². The molecule has 0 fully saturated rings. The number of nitrogen functional groups attached to an aromatic ring is 2. The van der Waals surface area contributed by atoms with Crippen molar-refractivity contribution in [2.45, 2.75) is 6.42 Å². The Kier molecular flexibility index (Phi) is 2.32. The number of thiophene rings is 1. The first-order chi connectivity index (χ1) is 6.75. The van der Waals surface area contributed by atoms with Crippen LogP contribution in [0.4, 0.5) is 11.8 Å². The molecular weight excluding hydrogens is 196 g/mol. The maximum atomic E-state index is 5.71. The molecular formula is C9H10N4S. The lowest BCUT2D eigenvalue weighted by atomic mass is 10.1. The molecule has 0 amide bonds. The van der Waals surface area contributed by atoms with Gasteiger partial charge in [0.1, 0.15) is 5.82 Å². The molecule has 0 aliphatic rings. The van der Waals surface area contributed by atoms with Crippen molar-refractivity contribution in [3.8, 4) is 0 Å². The standard InChI is InChI=1S/C9H10N4S/c10-8-7(4-12-9(11)13-8)3-6-1-2-14-5-6/h1-2,4-5H,3H2,(H4,10,11,12,13). The molecule has 72 valence electrons. The van der Waals surface area contributed by atoms with E-state index in [0.717, 1.165) is 12.0 Å². The molecule has 0 aromatic carbocycles. The van der Waals surface area contributed by atoms with Gasteiger partial charge in [0.25, 0.3) is 0 Å². The number of nitrogens with two attached hydrogens (primary N) is 2. The van der Waals surface area contributed by atoms with Gasteiger partial charge in [0, 0.05) is 18.2 Å². The van der Waals surface area contributed by atoms with Gasteiger partial charge in [-0.25, -0.2) is 4.98 Å². The van der Waals surface area contributed by atoms with Crippen molar-refractivity contribution in [1.29, 1.82) is 0 Å². The first-order valence-electron chi connectivity index (χ1n) is 4.13. The van der Waals surface area contributed by atoms with Gasteiger partial charge in [-0.1, -0.05) is 0 Å². The van der Waals surface area contributed by atoms with Crippen molar-refractivity contribution in [2.24, 2.45) is 0 Å². The van der Waals surface area contributed by atoms with E-state index in [1.54, 1.807) is 17.5 Å². The van der Waals surface area contributed by atoms with E-state index in [0.29, 0.717) is 5.82 Å². The van der Waals surface area contributed by atoms with Crippen LogP contribution in [-0.2, 0) is 6.42 Å². The first kappa shape index (κ1) is 8.96. The molecule has 5 heteroatoms. The zero-order valence-corrected chi connectivity index (χ0v) is 8.29. The Bertz CT molecular complexity index is 424.